The van der Waals surface area contributed by atoms with Crippen molar-refractivity contribution >= 4 is 5.76 Å². The Morgan fingerprint density at radius 1 is 1.60 bits per heavy atom. The molecule has 0 aliphatic rings. The molecule has 52 valence electrons. The van der Waals surface area contributed by atoms with Crippen molar-refractivity contribution in [3.63, 3.8) is 0 Å². The Kier molecular flexibility index (Phi) is 2.05. The first-order valence-corrected chi connectivity index (χ1v) is 3.11. The molecule has 0 aromatic carbocycles. The molecule has 0 unspecified atom stereocenters. The second-order valence-corrected chi connectivity index (χ2v) is 1.89. The van der Waals surface area contributed by atoms with E-state index in [1.165, 1.54) is 0 Å². The van der Waals surface area contributed by atoms with E-state index < -0.39 is 0 Å². The molecule has 0 atom stereocenters. The molecule has 10 heavy (non-hydrogen) atoms. The number of aromatic nitrogens is 1. The van der Waals surface area contributed by atoms with Crippen LogP contribution in [-0.2, 0) is 0 Å². The van der Waals surface area contributed by atoms with E-state index in [1.54, 1.807) is 25.3 Å². The minimum Gasteiger partial charge on any atom is -0.506 e. The summed E-state index contributed by atoms with van der Waals surface area (Å²) in [6, 6.07) is 5.41. The van der Waals surface area contributed by atoms with E-state index in [1.807, 2.05) is 12.1 Å². The van der Waals surface area contributed by atoms with Gasteiger partial charge in [-0.25, -0.2) is 0 Å². The predicted octanol–water partition coefficient (Wildman–Crippen LogP) is 2.00. The van der Waals surface area contributed by atoms with Gasteiger partial charge in [0.25, 0.3) is 0 Å². The van der Waals surface area contributed by atoms with Crippen LogP contribution in [0.25, 0.3) is 5.76 Å². The highest BCUT2D eigenvalue weighted by molar-refractivity contribution is 5.53. The van der Waals surface area contributed by atoms with Crippen molar-refractivity contribution in [3.05, 3.63) is 36.2 Å². The average Bonchev–Trinajstić information content (AvgIpc) is 2.05. The number of aliphatic hydroxyl groups excluding tert-OH is 1. The highest BCUT2D eigenvalue weighted by atomic mass is 16.3. The molecule has 0 radical (unpaired) electrons. The summed E-state index contributed by atoms with van der Waals surface area (Å²) < 4.78 is 0. The fourth-order valence-electron chi connectivity index (χ4n) is 0.662. The van der Waals surface area contributed by atoms with Gasteiger partial charge in [-0.3, -0.25) is 4.98 Å². The van der Waals surface area contributed by atoms with Crippen LogP contribution in [0.15, 0.2) is 30.5 Å². The van der Waals surface area contributed by atoms with Gasteiger partial charge in [0.15, 0.2) is 0 Å². The highest BCUT2D eigenvalue weighted by Gasteiger charge is 1.93. The quantitative estimate of drug-likeness (QED) is 0.597. The summed E-state index contributed by atoms with van der Waals surface area (Å²) in [7, 11) is 0. The zero-order valence-corrected chi connectivity index (χ0v) is 5.78. The number of nitrogens with zero attached hydrogens (tertiary/aromatic N) is 1. The van der Waals surface area contributed by atoms with Crippen molar-refractivity contribution < 1.29 is 5.11 Å². The molecule has 0 saturated heterocycles. The summed E-state index contributed by atoms with van der Waals surface area (Å²) in [5.41, 5.74) is 0.616. The van der Waals surface area contributed by atoms with E-state index in [0.29, 0.717) is 5.69 Å². The topological polar surface area (TPSA) is 33.1 Å². The van der Waals surface area contributed by atoms with Gasteiger partial charge in [0.1, 0.15) is 11.5 Å². The molecule has 1 aromatic heterocycles. The number of hydrogen-bond donors (Lipinski definition) is 1. The average molecular weight is 135 g/mol. The lowest BCUT2D eigenvalue weighted by Gasteiger charge is -1.94. The number of hydrogen-bond acceptors (Lipinski definition) is 2. The molecule has 0 spiro atoms. The molecule has 1 aromatic rings. The van der Waals surface area contributed by atoms with Crippen LogP contribution >= 0.6 is 0 Å². The lowest BCUT2D eigenvalue weighted by Crippen LogP contribution is -1.84. The summed E-state index contributed by atoms with van der Waals surface area (Å²) in [6.45, 7) is 1.77. The van der Waals surface area contributed by atoms with Crippen LogP contribution in [0.4, 0.5) is 0 Å². The minimum atomic E-state index is 0.223. The maximum atomic E-state index is 9.13. The van der Waals surface area contributed by atoms with Crippen LogP contribution in [-0.4, -0.2) is 10.1 Å². The van der Waals surface area contributed by atoms with Crippen molar-refractivity contribution in [3.8, 4) is 0 Å². The second kappa shape index (κ2) is 3.01. The van der Waals surface area contributed by atoms with E-state index in [9.17, 15) is 0 Å². The Bertz CT molecular complexity index is 228. The van der Waals surface area contributed by atoms with Crippen molar-refractivity contribution in [2.45, 2.75) is 6.92 Å². The lowest BCUT2D eigenvalue weighted by atomic mass is 10.3. The normalized spacial score (nSPS) is 11.5. The third-order valence-electron chi connectivity index (χ3n) is 1.20. The van der Waals surface area contributed by atoms with Crippen molar-refractivity contribution in [1.82, 2.24) is 4.98 Å². The second-order valence-electron chi connectivity index (χ2n) is 1.89. The van der Waals surface area contributed by atoms with Gasteiger partial charge < -0.3 is 5.11 Å². The van der Waals surface area contributed by atoms with E-state index in [-0.39, 0.29) is 5.76 Å². The zero-order valence-electron chi connectivity index (χ0n) is 5.78. The van der Waals surface area contributed by atoms with Crippen LogP contribution in [0, 0.1) is 0 Å². The van der Waals surface area contributed by atoms with Crippen LogP contribution in [0.1, 0.15) is 12.6 Å². The summed E-state index contributed by atoms with van der Waals surface area (Å²) in [5.74, 6) is 0.223. The molecular formula is C8H9NO. The van der Waals surface area contributed by atoms with Crippen LogP contribution in [0.2, 0.25) is 0 Å². The van der Waals surface area contributed by atoms with Gasteiger partial charge in [0.05, 0.1) is 0 Å². The Morgan fingerprint density at radius 2 is 2.40 bits per heavy atom. The zero-order chi connectivity index (χ0) is 7.40. The van der Waals surface area contributed by atoms with Crippen molar-refractivity contribution in [1.29, 1.82) is 0 Å². The van der Waals surface area contributed by atoms with Gasteiger partial charge in [-0.15, -0.1) is 0 Å². The smallest absolute Gasteiger partial charge is 0.136 e. The van der Waals surface area contributed by atoms with Gasteiger partial charge in [-0.2, -0.15) is 0 Å². The molecule has 0 aliphatic heterocycles. The maximum absolute atomic E-state index is 9.13. The number of aliphatic hydroxyl groups is 1. The van der Waals surface area contributed by atoms with Crippen LogP contribution in [0.3, 0.4) is 0 Å². The molecule has 0 bridgehead atoms. The monoisotopic (exact) mass is 135 g/mol. The first-order valence-electron chi connectivity index (χ1n) is 3.11. The first-order chi connectivity index (χ1) is 4.84. The molecule has 1 rings (SSSR count). The van der Waals surface area contributed by atoms with Crippen LogP contribution < -0.4 is 0 Å². The van der Waals surface area contributed by atoms with E-state index in [4.69, 9.17) is 5.11 Å². The molecule has 1 heterocycles. The number of pyridine rings is 1. The van der Waals surface area contributed by atoms with Crippen molar-refractivity contribution in [2.24, 2.45) is 0 Å². The Hall–Kier alpha value is -1.31. The largest absolute Gasteiger partial charge is 0.506 e. The molecule has 2 nitrogen and oxygen atoms in total. The fraction of sp³-hybridized carbons (Fsp3) is 0.125. The van der Waals surface area contributed by atoms with E-state index in [2.05, 4.69) is 4.98 Å². The van der Waals surface area contributed by atoms with Gasteiger partial charge >= 0.3 is 0 Å². The highest BCUT2D eigenvalue weighted by Crippen LogP contribution is 2.04. The van der Waals surface area contributed by atoms with Crippen molar-refractivity contribution in [2.75, 3.05) is 0 Å². The first kappa shape index (κ1) is 6.81. The van der Waals surface area contributed by atoms with E-state index in [0.717, 1.165) is 0 Å². The Labute approximate surface area is 59.9 Å². The Morgan fingerprint density at radius 3 is 2.90 bits per heavy atom. The summed E-state index contributed by atoms with van der Waals surface area (Å²) >= 11 is 0. The van der Waals surface area contributed by atoms with Gasteiger partial charge in [0.2, 0.25) is 0 Å². The molecule has 1 N–H and O–H groups in total. The van der Waals surface area contributed by atoms with Crippen LogP contribution in [0.5, 0.6) is 0 Å². The molecule has 0 amide bonds. The van der Waals surface area contributed by atoms with Gasteiger partial charge in [-0.05, 0) is 25.1 Å². The summed E-state index contributed by atoms with van der Waals surface area (Å²) in [4.78, 5) is 3.93. The molecule has 0 aliphatic carbocycles. The molecule has 0 saturated carbocycles. The SMILES string of the molecule is C/C=C(\O)c1ccccn1. The lowest BCUT2D eigenvalue weighted by molar-refractivity contribution is 0.507. The number of rotatable bonds is 1. The minimum absolute atomic E-state index is 0.223. The van der Waals surface area contributed by atoms with Gasteiger partial charge in [-0.1, -0.05) is 6.07 Å². The van der Waals surface area contributed by atoms with E-state index >= 15 is 0 Å². The number of allylic oxidation sites excluding steroid dienone is 1. The summed E-state index contributed by atoms with van der Waals surface area (Å²) in [6.07, 6.45) is 3.26. The standard InChI is InChI=1S/C8H9NO/c1-2-8(10)7-5-3-4-6-9-7/h2-6,10H,1H3/b8-2-. The van der Waals surface area contributed by atoms with Gasteiger partial charge in [0, 0.05) is 6.20 Å². The third kappa shape index (κ3) is 1.35. The maximum Gasteiger partial charge on any atom is 0.136 e. The molecule has 2 heteroatoms. The molecule has 0 fully saturated rings. The third-order valence-corrected chi connectivity index (χ3v) is 1.20. The fourth-order valence-corrected chi connectivity index (χ4v) is 0.662. The Balaban J connectivity index is 2.96. The predicted molar refractivity (Wildman–Crippen MR) is 40.5 cm³/mol. The molecular weight excluding hydrogens is 126 g/mol. The summed E-state index contributed by atoms with van der Waals surface area (Å²) in [5, 5.41) is 9.13.